The zero-order valence-electron chi connectivity index (χ0n) is 8.75. The highest BCUT2D eigenvalue weighted by molar-refractivity contribution is 5.70. The molecule has 0 aromatic rings. The van der Waals surface area contributed by atoms with Crippen LogP contribution in [0, 0.1) is 0 Å². The van der Waals surface area contributed by atoms with Gasteiger partial charge in [-0.25, -0.2) is 4.79 Å². The van der Waals surface area contributed by atoms with E-state index in [0.717, 1.165) is 19.5 Å². The molecule has 0 heterocycles. The topological polar surface area (TPSA) is 47.6 Å². The van der Waals surface area contributed by atoms with E-state index in [1.165, 1.54) is 0 Å². The van der Waals surface area contributed by atoms with E-state index in [9.17, 15) is 4.79 Å². The fraction of sp³-hybridized carbons (Fsp3) is 0.700. The second-order valence-electron chi connectivity index (χ2n) is 2.68. The van der Waals surface area contributed by atoms with Gasteiger partial charge in [0.05, 0.1) is 13.2 Å². The smallest absolute Gasteiger partial charge is 0.332 e. The standard InChI is InChI=1S/C10H19NO3/c1-3-5-6-11-7-8-13-9-10(12)14-4-2/h3,11H,1,4-9H2,2H3. The van der Waals surface area contributed by atoms with Crippen molar-refractivity contribution >= 4 is 5.97 Å². The molecule has 0 saturated heterocycles. The van der Waals surface area contributed by atoms with E-state index in [4.69, 9.17) is 4.74 Å². The van der Waals surface area contributed by atoms with E-state index in [-0.39, 0.29) is 12.6 Å². The van der Waals surface area contributed by atoms with Gasteiger partial charge in [-0.3, -0.25) is 0 Å². The van der Waals surface area contributed by atoms with Crippen LogP contribution in [0.4, 0.5) is 0 Å². The average Bonchev–Trinajstić information content (AvgIpc) is 2.17. The molecule has 0 rings (SSSR count). The summed E-state index contributed by atoms with van der Waals surface area (Å²) in [6.07, 6.45) is 2.80. The Kier molecular flexibility index (Phi) is 9.58. The Labute approximate surface area is 85.3 Å². The third kappa shape index (κ3) is 9.22. The molecular weight excluding hydrogens is 182 g/mol. The molecule has 0 aromatic heterocycles. The van der Waals surface area contributed by atoms with Crippen LogP contribution in [-0.2, 0) is 14.3 Å². The lowest BCUT2D eigenvalue weighted by atomic mass is 10.4. The highest BCUT2D eigenvalue weighted by Crippen LogP contribution is 1.81. The minimum atomic E-state index is -0.307. The third-order valence-electron chi connectivity index (χ3n) is 1.47. The van der Waals surface area contributed by atoms with Gasteiger partial charge in [0.2, 0.25) is 0 Å². The van der Waals surface area contributed by atoms with E-state index in [1.807, 2.05) is 6.08 Å². The first-order chi connectivity index (χ1) is 6.81. The maximum Gasteiger partial charge on any atom is 0.332 e. The van der Waals surface area contributed by atoms with Crippen LogP contribution in [0.2, 0.25) is 0 Å². The maximum absolute atomic E-state index is 10.8. The average molecular weight is 201 g/mol. The van der Waals surface area contributed by atoms with Crippen molar-refractivity contribution in [1.29, 1.82) is 0 Å². The Morgan fingerprint density at radius 2 is 2.29 bits per heavy atom. The summed E-state index contributed by atoms with van der Waals surface area (Å²) >= 11 is 0. The van der Waals surface area contributed by atoms with Gasteiger partial charge in [-0.1, -0.05) is 6.08 Å². The summed E-state index contributed by atoms with van der Waals surface area (Å²) in [4.78, 5) is 10.8. The summed E-state index contributed by atoms with van der Waals surface area (Å²) in [5, 5.41) is 3.14. The van der Waals surface area contributed by atoms with Crippen LogP contribution in [0.25, 0.3) is 0 Å². The molecular formula is C10H19NO3. The van der Waals surface area contributed by atoms with Crippen molar-refractivity contribution in [2.45, 2.75) is 13.3 Å². The molecule has 0 aliphatic rings. The molecule has 0 spiro atoms. The number of carbonyl (C=O) groups excluding carboxylic acids is 1. The second-order valence-corrected chi connectivity index (χ2v) is 2.68. The molecule has 4 nitrogen and oxygen atoms in total. The molecule has 0 aliphatic carbocycles. The normalized spacial score (nSPS) is 9.79. The number of hydrogen-bond acceptors (Lipinski definition) is 4. The first kappa shape index (κ1) is 13.1. The van der Waals surface area contributed by atoms with E-state index in [1.54, 1.807) is 6.92 Å². The Morgan fingerprint density at radius 3 is 2.93 bits per heavy atom. The van der Waals surface area contributed by atoms with Crippen LogP contribution >= 0.6 is 0 Å². The summed E-state index contributed by atoms with van der Waals surface area (Å²) in [7, 11) is 0. The predicted octanol–water partition coefficient (Wildman–Crippen LogP) is 0.732. The number of nitrogens with one attached hydrogen (secondary N) is 1. The quantitative estimate of drug-likeness (QED) is 0.339. The summed E-state index contributed by atoms with van der Waals surface area (Å²) in [6.45, 7) is 7.98. The molecule has 1 N–H and O–H groups in total. The van der Waals surface area contributed by atoms with E-state index >= 15 is 0 Å². The van der Waals surface area contributed by atoms with Crippen LogP contribution in [0.15, 0.2) is 12.7 Å². The second kappa shape index (κ2) is 10.2. The van der Waals surface area contributed by atoms with Gasteiger partial charge in [0.1, 0.15) is 6.61 Å². The third-order valence-corrected chi connectivity index (χ3v) is 1.47. The molecule has 0 aliphatic heterocycles. The SMILES string of the molecule is C=CCCNCCOCC(=O)OCC. The van der Waals surface area contributed by atoms with Crippen molar-refractivity contribution in [1.82, 2.24) is 5.32 Å². The molecule has 0 aromatic carbocycles. The van der Waals surface area contributed by atoms with Crippen molar-refractivity contribution in [2.75, 3.05) is 32.9 Å². The van der Waals surface area contributed by atoms with Gasteiger partial charge in [0.25, 0.3) is 0 Å². The fourth-order valence-corrected chi connectivity index (χ4v) is 0.832. The van der Waals surface area contributed by atoms with Gasteiger partial charge in [-0.15, -0.1) is 6.58 Å². The zero-order chi connectivity index (χ0) is 10.6. The van der Waals surface area contributed by atoms with Crippen LogP contribution in [0.1, 0.15) is 13.3 Å². The lowest BCUT2D eigenvalue weighted by Crippen LogP contribution is -2.22. The highest BCUT2D eigenvalue weighted by atomic mass is 16.6. The predicted molar refractivity (Wildman–Crippen MR) is 55.1 cm³/mol. The van der Waals surface area contributed by atoms with Gasteiger partial charge in [0.15, 0.2) is 0 Å². The van der Waals surface area contributed by atoms with E-state index < -0.39 is 0 Å². The summed E-state index contributed by atoms with van der Waals surface area (Å²) in [6, 6.07) is 0. The van der Waals surface area contributed by atoms with Gasteiger partial charge >= 0.3 is 5.97 Å². The maximum atomic E-state index is 10.8. The lowest BCUT2D eigenvalue weighted by Gasteiger charge is -2.04. The fourth-order valence-electron chi connectivity index (χ4n) is 0.832. The van der Waals surface area contributed by atoms with E-state index in [2.05, 4.69) is 16.6 Å². The van der Waals surface area contributed by atoms with Crippen molar-refractivity contribution in [3.8, 4) is 0 Å². The zero-order valence-corrected chi connectivity index (χ0v) is 8.75. The van der Waals surface area contributed by atoms with Gasteiger partial charge in [-0.05, 0) is 19.9 Å². The highest BCUT2D eigenvalue weighted by Gasteiger charge is 1.99. The number of rotatable bonds is 9. The van der Waals surface area contributed by atoms with Gasteiger partial charge in [0, 0.05) is 6.54 Å². The Balaban J connectivity index is 3.05. The van der Waals surface area contributed by atoms with Crippen molar-refractivity contribution < 1.29 is 14.3 Å². The molecule has 0 atom stereocenters. The van der Waals surface area contributed by atoms with Crippen LogP contribution < -0.4 is 5.32 Å². The number of hydrogen-bond donors (Lipinski definition) is 1. The summed E-state index contributed by atoms with van der Waals surface area (Å²) in [5.74, 6) is -0.307. The minimum absolute atomic E-state index is 0.0387. The van der Waals surface area contributed by atoms with Crippen LogP contribution in [-0.4, -0.2) is 38.9 Å². The largest absolute Gasteiger partial charge is 0.464 e. The number of ether oxygens (including phenoxy) is 2. The van der Waals surface area contributed by atoms with Crippen molar-refractivity contribution in [3.05, 3.63) is 12.7 Å². The number of carbonyl (C=O) groups is 1. The summed E-state index contributed by atoms with van der Waals surface area (Å²) < 4.78 is 9.75. The molecule has 0 fully saturated rings. The lowest BCUT2D eigenvalue weighted by molar-refractivity contribution is -0.148. The molecule has 4 heteroatoms. The molecule has 0 saturated carbocycles. The minimum Gasteiger partial charge on any atom is -0.464 e. The first-order valence-corrected chi connectivity index (χ1v) is 4.86. The molecule has 0 amide bonds. The Hall–Kier alpha value is -0.870. The van der Waals surface area contributed by atoms with Crippen molar-refractivity contribution in [2.24, 2.45) is 0 Å². The molecule has 0 radical (unpaired) electrons. The van der Waals surface area contributed by atoms with Crippen LogP contribution in [0.5, 0.6) is 0 Å². The molecule has 0 unspecified atom stereocenters. The van der Waals surface area contributed by atoms with Gasteiger partial charge in [-0.2, -0.15) is 0 Å². The molecule has 14 heavy (non-hydrogen) atoms. The van der Waals surface area contributed by atoms with E-state index in [0.29, 0.717) is 13.2 Å². The Bertz CT molecular complexity index is 159. The van der Waals surface area contributed by atoms with Crippen molar-refractivity contribution in [3.63, 3.8) is 0 Å². The molecule has 0 bridgehead atoms. The van der Waals surface area contributed by atoms with Gasteiger partial charge < -0.3 is 14.8 Å². The Morgan fingerprint density at radius 1 is 1.50 bits per heavy atom. The summed E-state index contributed by atoms with van der Waals surface area (Å²) in [5.41, 5.74) is 0. The monoisotopic (exact) mass is 201 g/mol. The van der Waals surface area contributed by atoms with Crippen LogP contribution in [0.3, 0.4) is 0 Å². The first-order valence-electron chi connectivity index (χ1n) is 4.86. The molecule has 82 valence electrons. The number of esters is 1.